The van der Waals surface area contributed by atoms with Gasteiger partial charge in [-0.2, -0.15) is 0 Å². The number of benzene rings is 1. The van der Waals surface area contributed by atoms with Crippen LogP contribution in [0.3, 0.4) is 0 Å². The highest BCUT2D eigenvalue weighted by Gasteiger charge is 2.29. The number of hydrogen-bond acceptors (Lipinski definition) is 3. The van der Waals surface area contributed by atoms with E-state index in [1.54, 1.807) is 25.1 Å². The van der Waals surface area contributed by atoms with Gasteiger partial charge in [0.1, 0.15) is 0 Å². The van der Waals surface area contributed by atoms with Crippen LogP contribution in [0.25, 0.3) is 0 Å². The molecular weight excluding hydrogens is 250 g/mol. The fourth-order valence-electron chi connectivity index (χ4n) is 1.08. The van der Waals surface area contributed by atoms with Gasteiger partial charge in [-0.25, -0.2) is 13.1 Å². The molecule has 2 N–H and O–H groups in total. The van der Waals surface area contributed by atoms with E-state index in [2.05, 4.69) is 4.72 Å². The lowest BCUT2D eigenvalue weighted by atomic mass is 10.1. The normalized spacial score (nSPS) is 15.7. The highest BCUT2D eigenvalue weighted by Crippen LogP contribution is 2.13. The average molecular weight is 264 g/mol. The minimum Gasteiger partial charge on any atom is -0.394 e. The zero-order chi connectivity index (χ0) is 12.2. The Kier molecular flexibility index (Phi) is 4.32. The van der Waals surface area contributed by atoms with Gasteiger partial charge in [-0.05, 0) is 19.1 Å². The Bertz CT molecular complexity index is 429. The molecule has 1 aromatic carbocycles. The van der Waals surface area contributed by atoms with Crippen LogP contribution in [-0.2, 0) is 10.0 Å². The van der Waals surface area contributed by atoms with Crippen molar-refractivity contribution >= 4 is 21.6 Å². The van der Waals surface area contributed by atoms with Crippen molar-refractivity contribution < 1.29 is 13.5 Å². The number of halogens is 1. The second-order valence-corrected chi connectivity index (χ2v) is 5.72. The molecule has 1 rings (SSSR count). The van der Waals surface area contributed by atoms with E-state index in [-0.39, 0.29) is 17.4 Å². The van der Waals surface area contributed by atoms with Crippen molar-refractivity contribution in [1.29, 1.82) is 0 Å². The van der Waals surface area contributed by atoms with Gasteiger partial charge in [0.05, 0.1) is 17.0 Å². The third-order valence-electron chi connectivity index (χ3n) is 2.08. The third-order valence-corrected chi connectivity index (χ3v) is 4.32. The molecule has 0 aliphatic heterocycles. The second-order valence-electron chi connectivity index (χ2n) is 3.77. The van der Waals surface area contributed by atoms with Gasteiger partial charge in [-0.1, -0.05) is 18.2 Å². The molecule has 0 saturated carbocycles. The summed E-state index contributed by atoms with van der Waals surface area (Å²) in [6.07, 6.45) is 0. The van der Waals surface area contributed by atoms with Crippen LogP contribution in [0.4, 0.5) is 0 Å². The lowest BCUT2D eigenvalue weighted by Crippen LogP contribution is -2.50. The Morgan fingerprint density at radius 2 is 1.94 bits per heavy atom. The molecule has 0 aliphatic carbocycles. The van der Waals surface area contributed by atoms with Crippen molar-refractivity contribution in [2.75, 3.05) is 12.5 Å². The summed E-state index contributed by atoms with van der Waals surface area (Å²) in [5.74, 6) is -0.00440. The topological polar surface area (TPSA) is 66.4 Å². The molecule has 1 aromatic rings. The second kappa shape index (κ2) is 5.14. The quantitative estimate of drug-likeness (QED) is 0.778. The third kappa shape index (κ3) is 3.18. The monoisotopic (exact) mass is 263 g/mol. The number of alkyl halides is 1. The summed E-state index contributed by atoms with van der Waals surface area (Å²) in [6.45, 7) is 1.18. The molecule has 1 unspecified atom stereocenters. The van der Waals surface area contributed by atoms with Crippen LogP contribution < -0.4 is 4.72 Å². The van der Waals surface area contributed by atoms with E-state index < -0.39 is 15.6 Å². The Labute approximate surface area is 100 Å². The largest absolute Gasteiger partial charge is 0.394 e. The fraction of sp³-hybridized carbons (Fsp3) is 0.400. The van der Waals surface area contributed by atoms with Gasteiger partial charge in [0.2, 0.25) is 10.0 Å². The van der Waals surface area contributed by atoms with Crippen molar-refractivity contribution in [3.05, 3.63) is 30.3 Å². The first-order valence-electron chi connectivity index (χ1n) is 4.69. The first-order valence-corrected chi connectivity index (χ1v) is 6.71. The summed E-state index contributed by atoms with van der Waals surface area (Å²) in [6, 6.07) is 7.95. The highest BCUT2D eigenvalue weighted by atomic mass is 35.5. The maximum absolute atomic E-state index is 11.9. The van der Waals surface area contributed by atoms with E-state index in [4.69, 9.17) is 16.7 Å². The van der Waals surface area contributed by atoms with E-state index >= 15 is 0 Å². The Hall–Kier alpha value is -0.620. The van der Waals surface area contributed by atoms with Crippen molar-refractivity contribution in [2.24, 2.45) is 0 Å². The molecule has 0 bridgehead atoms. The predicted molar refractivity (Wildman–Crippen MR) is 63.0 cm³/mol. The Morgan fingerprint density at radius 3 is 2.38 bits per heavy atom. The maximum atomic E-state index is 11.9. The zero-order valence-corrected chi connectivity index (χ0v) is 10.4. The number of aliphatic hydroxyl groups excluding tert-OH is 1. The van der Waals surface area contributed by atoms with E-state index in [1.807, 2.05) is 0 Å². The van der Waals surface area contributed by atoms with Gasteiger partial charge in [0, 0.05) is 5.88 Å². The Morgan fingerprint density at radius 1 is 1.38 bits per heavy atom. The molecule has 6 heteroatoms. The van der Waals surface area contributed by atoms with Gasteiger partial charge in [-0.3, -0.25) is 0 Å². The minimum absolute atomic E-state index is 0.00440. The zero-order valence-electron chi connectivity index (χ0n) is 8.85. The first kappa shape index (κ1) is 13.4. The van der Waals surface area contributed by atoms with Crippen LogP contribution in [0, 0.1) is 0 Å². The molecule has 0 radical (unpaired) electrons. The SMILES string of the molecule is CC(CO)(CCl)NS(=O)(=O)c1ccccc1. The molecule has 16 heavy (non-hydrogen) atoms. The number of sulfonamides is 1. The molecule has 0 amide bonds. The first-order chi connectivity index (χ1) is 7.43. The van der Waals surface area contributed by atoms with E-state index in [0.29, 0.717) is 0 Å². The van der Waals surface area contributed by atoms with Gasteiger partial charge in [-0.15, -0.1) is 11.6 Å². The molecule has 4 nitrogen and oxygen atoms in total. The molecule has 0 spiro atoms. The summed E-state index contributed by atoms with van der Waals surface area (Å²) in [5, 5.41) is 9.08. The standard InChI is InChI=1S/C10H14ClNO3S/c1-10(7-11,8-13)12-16(14,15)9-5-3-2-4-6-9/h2-6,12-13H,7-8H2,1H3. The molecule has 0 aromatic heterocycles. The van der Waals surface area contributed by atoms with Crippen molar-refractivity contribution in [1.82, 2.24) is 4.72 Å². The van der Waals surface area contributed by atoms with Crippen molar-refractivity contribution in [2.45, 2.75) is 17.4 Å². The van der Waals surface area contributed by atoms with Gasteiger partial charge >= 0.3 is 0 Å². The van der Waals surface area contributed by atoms with Crippen molar-refractivity contribution in [3.63, 3.8) is 0 Å². The summed E-state index contributed by atoms with van der Waals surface area (Å²) in [5.41, 5.74) is -1.05. The lowest BCUT2D eigenvalue weighted by molar-refractivity contribution is 0.210. The van der Waals surface area contributed by atoms with E-state index in [9.17, 15) is 8.42 Å². The molecule has 0 saturated heterocycles. The smallest absolute Gasteiger partial charge is 0.241 e. The van der Waals surface area contributed by atoms with Crippen LogP contribution in [0.2, 0.25) is 0 Å². The predicted octanol–water partition coefficient (Wildman–Crippen LogP) is 0.955. The molecule has 90 valence electrons. The van der Waals surface area contributed by atoms with Crippen LogP contribution in [0.15, 0.2) is 35.2 Å². The van der Waals surface area contributed by atoms with Crippen LogP contribution >= 0.6 is 11.6 Å². The summed E-state index contributed by atoms with van der Waals surface area (Å²) >= 11 is 5.62. The van der Waals surface area contributed by atoms with Crippen LogP contribution in [0.1, 0.15) is 6.92 Å². The Balaban J connectivity index is 2.97. The maximum Gasteiger partial charge on any atom is 0.241 e. The van der Waals surface area contributed by atoms with Gasteiger partial charge in [0.15, 0.2) is 0 Å². The summed E-state index contributed by atoms with van der Waals surface area (Å²) in [7, 11) is -3.64. The number of nitrogens with one attached hydrogen (secondary N) is 1. The molecule has 0 aliphatic rings. The molecular formula is C10H14ClNO3S. The van der Waals surface area contributed by atoms with Gasteiger partial charge < -0.3 is 5.11 Å². The van der Waals surface area contributed by atoms with E-state index in [0.717, 1.165) is 0 Å². The summed E-state index contributed by atoms with van der Waals surface area (Å²) in [4.78, 5) is 0.153. The molecule has 1 atom stereocenters. The number of hydrogen-bond donors (Lipinski definition) is 2. The minimum atomic E-state index is -3.64. The van der Waals surface area contributed by atoms with Crippen LogP contribution in [0.5, 0.6) is 0 Å². The molecule has 0 heterocycles. The lowest BCUT2D eigenvalue weighted by Gasteiger charge is -2.25. The fourth-order valence-corrected chi connectivity index (χ4v) is 2.73. The van der Waals surface area contributed by atoms with Gasteiger partial charge in [0.25, 0.3) is 0 Å². The van der Waals surface area contributed by atoms with E-state index in [1.165, 1.54) is 12.1 Å². The highest BCUT2D eigenvalue weighted by molar-refractivity contribution is 7.89. The summed E-state index contributed by atoms with van der Waals surface area (Å²) < 4.78 is 26.1. The number of rotatable bonds is 5. The van der Waals surface area contributed by atoms with Crippen LogP contribution in [-0.4, -0.2) is 31.6 Å². The average Bonchev–Trinajstić information content (AvgIpc) is 2.29. The number of aliphatic hydroxyl groups is 1. The van der Waals surface area contributed by atoms with Crippen molar-refractivity contribution in [3.8, 4) is 0 Å². The molecule has 0 fully saturated rings.